The molecule has 1 aromatic carbocycles. The maximum Gasteiger partial charge on any atom is 0.251 e. The number of amides is 1. The van der Waals surface area contributed by atoms with E-state index in [4.69, 9.17) is 4.42 Å². The molecule has 0 radical (unpaired) electrons. The summed E-state index contributed by atoms with van der Waals surface area (Å²) in [5.41, 5.74) is 1.30. The molecule has 11 heteroatoms. The molecule has 1 aliphatic heterocycles. The normalized spacial score (nSPS) is 16.6. The summed E-state index contributed by atoms with van der Waals surface area (Å²) in [6, 6.07) is 8.07. The van der Waals surface area contributed by atoms with Crippen molar-refractivity contribution in [3.05, 3.63) is 47.9 Å². The third-order valence-electron chi connectivity index (χ3n) is 7.35. The SMILES string of the molecule is CCNc1cc(C(=O)N[C@@H](Cc2ccco2)[C@H](O)CNC(C)(C)CCCC(C)C)cc(N2CCCCS2(=O)=O)c1.Cl. The van der Waals surface area contributed by atoms with E-state index in [1.54, 1.807) is 30.5 Å². The van der Waals surface area contributed by atoms with Crippen LogP contribution in [-0.4, -0.2) is 62.5 Å². The number of hydrogen-bond donors (Lipinski definition) is 4. The molecule has 1 fully saturated rings. The second kappa shape index (κ2) is 15.8. The molecular formula is C30H49ClN4O5S. The number of aliphatic hydroxyl groups is 1. The van der Waals surface area contributed by atoms with Gasteiger partial charge in [-0.1, -0.05) is 26.7 Å². The molecule has 3 rings (SSSR count). The Morgan fingerprint density at radius 3 is 2.59 bits per heavy atom. The monoisotopic (exact) mass is 612 g/mol. The number of anilines is 2. The van der Waals surface area contributed by atoms with Gasteiger partial charge in [0.1, 0.15) is 5.76 Å². The van der Waals surface area contributed by atoms with Crippen molar-refractivity contribution in [2.45, 2.75) is 90.8 Å². The number of nitrogens with one attached hydrogen (secondary N) is 3. The van der Waals surface area contributed by atoms with Crippen molar-refractivity contribution in [3.8, 4) is 0 Å². The maximum absolute atomic E-state index is 13.6. The summed E-state index contributed by atoms with van der Waals surface area (Å²) in [7, 11) is -3.44. The lowest BCUT2D eigenvalue weighted by atomic mass is 9.94. The number of β-amino-alcohol motifs (C(OH)–C–C–N with tert-alkyl or cyclic N) is 1. The van der Waals surface area contributed by atoms with Crippen molar-refractivity contribution in [1.82, 2.24) is 10.6 Å². The number of nitrogens with zero attached hydrogens (tertiary/aromatic N) is 1. The van der Waals surface area contributed by atoms with E-state index in [2.05, 4.69) is 43.6 Å². The second-order valence-corrected chi connectivity index (χ2v) is 13.9. The highest BCUT2D eigenvalue weighted by molar-refractivity contribution is 7.92. The summed E-state index contributed by atoms with van der Waals surface area (Å²) in [6.07, 6.45) is 5.63. The second-order valence-electron chi connectivity index (χ2n) is 11.9. The van der Waals surface area contributed by atoms with Gasteiger partial charge in [0.25, 0.3) is 5.91 Å². The lowest BCUT2D eigenvalue weighted by molar-refractivity contribution is 0.0804. The van der Waals surface area contributed by atoms with Gasteiger partial charge < -0.3 is 25.5 Å². The van der Waals surface area contributed by atoms with Crippen LogP contribution in [0.2, 0.25) is 0 Å². The molecule has 232 valence electrons. The van der Waals surface area contributed by atoms with Crippen molar-refractivity contribution in [2.75, 3.05) is 35.0 Å². The Morgan fingerprint density at radius 1 is 1.20 bits per heavy atom. The molecule has 0 spiro atoms. The van der Waals surface area contributed by atoms with Crippen LogP contribution in [0.3, 0.4) is 0 Å². The van der Waals surface area contributed by atoms with Gasteiger partial charge in [0.15, 0.2) is 0 Å². The van der Waals surface area contributed by atoms with Gasteiger partial charge in [-0.3, -0.25) is 9.10 Å². The van der Waals surface area contributed by atoms with Crippen LogP contribution in [0.15, 0.2) is 41.0 Å². The highest BCUT2D eigenvalue weighted by atomic mass is 35.5. The van der Waals surface area contributed by atoms with Crippen LogP contribution in [0.4, 0.5) is 11.4 Å². The zero-order chi connectivity index (χ0) is 29.3. The number of hydrogen-bond acceptors (Lipinski definition) is 7. The first-order valence-electron chi connectivity index (χ1n) is 14.6. The highest BCUT2D eigenvalue weighted by Gasteiger charge is 2.29. The Kier molecular flexibility index (Phi) is 13.5. The minimum Gasteiger partial charge on any atom is -0.469 e. The lowest BCUT2D eigenvalue weighted by Gasteiger charge is -2.31. The van der Waals surface area contributed by atoms with E-state index in [-0.39, 0.29) is 29.6 Å². The summed E-state index contributed by atoms with van der Waals surface area (Å²) < 4.78 is 32.5. The summed E-state index contributed by atoms with van der Waals surface area (Å²) in [6.45, 7) is 11.9. The van der Waals surface area contributed by atoms with E-state index in [0.29, 0.717) is 61.1 Å². The quantitative estimate of drug-likeness (QED) is 0.224. The van der Waals surface area contributed by atoms with Crippen LogP contribution >= 0.6 is 12.4 Å². The molecule has 1 saturated heterocycles. The summed E-state index contributed by atoms with van der Waals surface area (Å²) in [4.78, 5) is 13.6. The van der Waals surface area contributed by atoms with Gasteiger partial charge in [-0.25, -0.2) is 8.42 Å². The van der Waals surface area contributed by atoms with E-state index < -0.39 is 22.2 Å². The number of furan rings is 1. The number of rotatable bonds is 15. The predicted molar refractivity (Wildman–Crippen MR) is 169 cm³/mol. The van der Waals surface area contributed by atoms with Gasteiger partial charge in [-0.15, -0.1) is 12.4 Å². The van der Waals surface area contributed by atoms with E-state index in [1.807, 2.05) is 13.0 Å². The molecule has 9 nitrogen and oxygen atoms in total. The molecule has 0 saturated carbocycles. The van der Waals surface area contributed by atoms with Crippen LogP contribution in [0.1, 0.15) is 82.8 Å². The van der Waals surface area contributed by atoms with E-state index in [9.17, 15) is 18.3 Å². The fraction of sp³-hybridized carbons (Fsp3) is 0.633. The third-order valence-corrected chi connectivity index (χ3v) is 9.22. The molecule has 1 aromatic heterocycles. The van der Waals surface area contributed by atoms with Gasteiger partial charge >= 0.3 is 0 Å². The van der Waals surface area contributed by atoms with Crippen molar-refractivity contribution in [3.63, 3.8) is 0 Å². The third kappa shape index (κ3) is 10.8. The van der Waals surface area contributed by atoms with Gasteiger partial charge in [-0.05, 0) is 76.3 Å². The smallest absolute Gasteiger partial charge is 0.251 e. The Morgan fingerprint density at radius 2 is 1.95 bits per heavy atom. The maximum atomic E-state index is 13.6. The van der Waals surface area contributed by atoms with Crippen LogP contribution in [0, 0.1) is 5.92 Å². The van der Waals surface area contributed by atoms with Crippen LogP contribution in [0.25, 0.3) is 0 Å². The number of halogens is 1. The Labute approximate surface area is 252 Å². The largest absolute Gasteiger partial charge is 0.469 e. The first-order valence-corrected chi connectivity index (χ1v) is 16.2. The molecule has 2 aromatic rings. The lowest BCUT2D eigenvalue weighted by Crippen LogP contribution is -2.52. The Balaban J connectivity index is 0.00000588. The molecule has 1 aliphatic rings. The van der Waals surface area contributed by atoms with Crippen molar-refractivity contribution >= 4 is 39.7 Å². The minimum atomic E-state index is -3.44. The fourth-order valence-corrected chi connectivity index (χ4v) is 6.64. The number of carbonyl (C=O) groups excluding carboxylic acids is 1. The summed E-state index contributed by atoms with van der Waals surface area (Å²) >= 11 is 0. The number of sulfonamides is 1. The molecular weight excluding hydrogens is 564 g/mol. The topological polar surface area (TPSA) is 124 Å². The molecule has 2 atom stereocenters. The first-order chi connectivity index (χ1) is 18.9. The van der Waals surface area contributed by atoms with Gasteiger partial charge in [-0.2, -0.15) is 0 Å². The summed E-state index contributed by atoms with van der Waals surface area (Å²) in [5.74, 6) is 1.01. The first kappa shape index (κ1) is 34.9. The van der Waals surface area contributed by atoms with Gasteiger partial charge in [0.05, 0.1) is 29.8 Å². The van der Waals surface area contributed by atoms with Crippen LogP contribution in [0.5, 0.6) is 0 Å². The Bertz CT molecular complexity index is 1190. The zero-order valence-electron chi connectivity index (χ0n) is 25.1. The molecule has 0 aliphatic carbocycles. The van der Waals surface area contributed by atoms with E-state index in [0.717, 1.165) is 25.7 Å². The average Bonchev–Trinajstić information content (AvgIpc) is 3.39. The zero-order valence-corrected chi connectivity index (χ0v) is 26.7. The van der Waals surface area contributed by atoms with Gasteiger partial charge in [0, 0.05) is 42.8 Å². The summed E-state index contributed by atoms with van der Waals surface area (Å²) in [5, 5.41) is 20.9. The highest BCUT2D eigenvalue weighted by Crippen LogP contribution is 2.28. The number of benzene rings is 1. The number of carbonyl (C=O) groups is 1. The van der Waals surface area contributed by atoms with Gasteiger partial charge in [0.2, 0.25) is 10.0 Å². The predicted octanol–water partition coefficient (Wildman–Crippen LogP) is 4.96. The number of aliphatic hydroxyl groups excluding tert-OH is 1. The van der Waals surface area contributed by atoms with Crippen molar-refractivity contribution < 1.29 is 22.7 Å². The molecule has 4 N–H and O–H groups in total. The van der Waals surface area contributed by atoms with Crippen LogP contribution < -0.4 is 20.3 Å². The Hall–Kier alpha value is -2.27. The molecule has 41 heavy (non-hydrogen) atoms. The molecule has 1 amide bonds. The fourth-order valence-electron chi connectivity index (χ4n) is 5.02. The average molecular weight is 613 g/mol. The minimum absolute atomic E-state index is 0. The van der Waals surface area contributed by atoms with E-state index in [1.165, 1.54) is 4.31 Å². The van der Waals surface area contributed by atoms with E-state index >= 15 is 0 Å². The van der Waals surface area contributed by atoms with Crippen LogP contribution in [-0.2, 0) is 16.4 Å². The van der Waals surface area contributed by atoms with Crippen molar-refractivity contribution in [2.24, 2.45) is 5.92 Å². The molecule has 2 heterocycles. The van der Waals surface area contributed by atoms with Crippen molar-refractivity contribution in [1.29, 1.82) is 0 Å². The standard InChI is InChI=1S/C30H48N4O5S.ClH/c1-6-31-24-17-23(18-25(19-24)34-14-7-8-16-40(34,37)38)29(36)33-27(20-26-12-10-15-39-26)28(35)21-32-30(4,5)13-9-11-22(2)3;/h10,12,15,17-19,22,27-28,31-32,35H,6-9,11,13-14,16,20-21H2,1-5H3,(H,33,36);1H/t27-,28+;/m0./s1. The molecule has 0 bridgehead atoms. The molecule has 0 unspecified atom stereocenters.